The van der Waals surface area contributed by atoms with Crippen molar-refractivity contribution in [1.29, 1.82) is 0 Å². The molecule has 0 radical (unpaired) electrons. The van der Waals surface area contributed by atoms with Gasteiger partial charge < -0.3 is 0 Å². The molecule has 0 aliphatic carbocycles. The minimum atomic E-state index is -0.316. The molecule has 0 saturated carbocycles. The third kappa shape index (κ3) is 1.67. The summed E-state index contributed by atoms with van der Waals surface area (Å²) < 4.78 is 2.27. The van der Waals surface area contributed by atoms with E-state index in [-0.39, 0.29) is 22.8 Å². The van der Waals surface area contributed by atoms with E-state index in [1.807, 2.05) is 6.07 Å². The van der Waals surface area contributed by atoms with Crippen molar-refractivity contribution in [2.75, 3.05) is 0 Å². The average molecular weight is 390 g/mol. The van der Waals surface area contributed by atoms with Gasteiger partial charge in [-0.1, -0.05) is 0 Å². The summed E-state index contributed by atoms with van der Waals surface area (Å²) in [5.74, 6) is 0.373. The number of rotatable bonds is 0. The molecule has 1 aliphatic rings. The van der Waals surface area contributed by atoms with Crippen molar-refractivity contribution in [3.63, 3.8) is 0 Å². The first kappa shape index (κ1) is 12.6. The highest BCUT2D eigenvalue weighted by Gasteiger charge is 2.30. The fraction of sp³-hybridized carbons (Fsp3) is 0.0714. The third-order valence-electron chi connectivity index (χ3n) is 3.39. The van der Waals surface area contributed by atoms with Gasteiger partial charge in [0.15, 0.2) is 11.5 Å². The second-order valence-electron chi connectivity index (χ2n) is 4.72. The highest BCUT2D eigenvalue weighted by atomic mass is 127. The Morgan fingerprint density at radius 2 is 2.00 bits per heavy atom. The summed E-state index contributed by atoms with van der Waals surface area (Å²) in [4.78, 5) is 37.5. The van der Waals surface area contributed by atoms with E-state index in [0.717, 1.165) is 3.57 Å². The van der Waals surface area contributed by atoms with E-state index >= 15 is 0 Å². The van der Waals surface area contributed by atoms with Crippen LogP contribution in [0.25, 0.3) is 16.7 Å². The first-order valence-corrected chi connectivity index (χ1v) is 7.25. The van der Waals surface area contributed by atoms with Gasteiger partial charge in [-0.25, -0.2) is 15.0 Å². The van der Waals surface area contributed by atoms with Gasteiger partial charge in [0.25, 0.3) is 5.56 Å². The second-order valence-corrected chi connectivity index (χ2v) is 5.97. The maximum atomic E-state index is 12.6. The van der Waals surface area contributed by atoms with Crippen LogP contribution in [0.1, 0.15) is 22.0 Å². The molecule has 2 aromatic heterocycles. The molecule has 0 spiro atoms. The van der Waals surface area contributed by atoms with Gasteiger partial charge in [-0.2, -0.15) is 0 Å². The van der Waals surface area contributed by atoms with Crippen LogP contribution in [0.15, 0.2) is 29.2 Å². The standard InChI is InChI=1S/C14H7IN4O2/c1-6-16-5-9-12(17-6)18-13-11(20)8-4-7(15)2-3-10(8)19(13)14(9)21/h2-5H,1H3. The summed E-state index contributed by atoms with van der Waals surface area (Å²) in [6, 6.07) is 5.37. The Bertz CT molecular complexity index is 1010. The molecule has 1 aromatic carbocycles. The summed E-state index contributed by atoms with van der Waals surface area (Å²) in [7, 11) is 0. The summed E-state index contributed by atoms with van der Waals surface area (Å²) in [6.45, 7) is 1.71. The Morgan fingerprint density at radius 3 is 2.81 bits per heavy atom. The predicted octanol–water partition coefficient (Wildman–Crippen LogP) is 1.63. The Kier molecular flexibility index (Phi) is 2.49. The van der Waals surface area contributed by atoms with Crippen LogP contribution in [0, 0.1) is 10.5 Å². The maximum absolute atomic E-state index is 12.6. The monoisotopic (exact) mass is 390 g/mol. The number of ketones is 1. The molecular weight excluding hydrogens is 383 g/mol. The Hall–Kier alpha value is -2.16. The highest BCUT2D eigenvalue weighted by molar-refractivity contribution is 14.1. The van der Waals surface area contributed by atoms with Crippen LogP contribution < -0.4 is 5.56 Å². The lowest BCUT2D eigenvalue weighted by atomic mass is 10.1. The highest BCUT2D eigenvalue weighted by Crippen LogP contribution is 2.27. The zero-order valence-corrected chi connectivity index (χ0v) is 13.0. The van der Waals surface area contributed by atoms with Gasteiger partial charge in [0.2, 0.25) is 5.78 Å². The van der Waals surface area contributed by atoms with Gasteiger partial charge in [-0.05, 0) is 47.7 Å². The maximum Gasteiger partial charge on any atom is 0.269 e. The zero-order valence-electron chi connectivity index (χ0n) is 10.8. The lowest BCUT2D eigenvalue weighted by Gasteiger charge is -2.05. The van der Waals surface area contributed by atoms with Crippen molar-refractivity contribution in [1.82, 2.24) is 19.5 Å². The first-order chi connectivity index (χ1) is 10.1. The summed E-state index contributed by atoms with van der Waals surface area (Å²) >= 11 is 2.13. The van der Waals surface area contributed by atoms with Crippen molar-refractivity contribution in [2.24, 2.45) is 0 Å². The number of hydrogen-bond donors (Lipinski definition) is 0. The summed E-state index contributed by atoms with van der Waals surface area (Å²) in [5, 5.41) is 0.309. The molecule has 0 N–H and O–H groups in total. The molecule has 102 valence electrons. The molecule has 0 unspecified atom stereocenters. The molecule has 0 fully saturated rings. The van der Waals surface area contributed by atoms with Crippen LogP contribution in [-0.4, -0.2) is 25.3 Å². The molecule has 21 heavy (non-hydrogen) atoms. The van der Waals surface area contributed by atoms with Crippen molar-refractivity contribution in [3.05, 3.63) is 55.5 Å². The smallest absolute Gasteiger partial charge is 0.269 e. The normalized spacial score (nSPS) is 12.6. The molecule has 3 aromatic rings. The molecule has 0 saturated heterocycles. The summed E-state index contributed by atoms with van der Waals surface area (Å²) in [6.07, 6.45) is 1.45. The fourth-order valence-electron chi connectivity index (χ4n) is 2.44. The van der Waals surface area contributed by atoms with E-state index in [2.05, 4.69) is 37.5 Å². The number of nitrogens with zero attached hydrogens (tertiary/aromatic N) is 4. The van der Waals surface area contributed by atoms with Crippen molar-refractivity contribution in [2.45, 2.75) is 6.92 Å². The van der Waals surface area contributed by atoms with Crippen LogP contribution in [0.4, 0.5) is 0 Å². The lowest BCUT2D eigenvalue weighted by molar-refractivity contribution is 0.103. The summed E-state index contributed by atoms with van der Waals surface area (Å²) in [5.41, 5.74) is 1.000. The van der Waals surface area contributed by atoms with Crippen LogP contribution in [0.5, 0.6) is 0 Å². The van der Waals surface area contributed by atoms with E-state index < -0.39 is 0 Å². The molecule has 0 atom stereocenters. The molecule has 7 heteroatoms. The van der Waals surface area contributed by atoms with Crippen LogP contribution in [0.2, 0.25) is 0 Å². The van der Waals surface area contributed by atoms with Gasteiger partial charge in [0.05, 0.1) is 11.3 Å². The predicted molar refractivity (Wildman–Crippen MR) is 83.8 cm³/mol. The van der Waals surface area contributed by atoms with E-state index in [9.17, 15) is 9.59 Å². The molecule has 1 aliphatic heterocycles. The molecule has 4 rings (SSSR count). The third-order valence-corrected chi connectivity index (χ3v) is 4.06. The number of carbonyl (C=O) groups excluding carboxylic acids is 1. The SMILES string of the molecule is Cc1ncc2c(=O)n3c(nc2n1)C(=O)c1cc(I)ccc1-3. The van der Waals surface area contributed by atoms with E-state index in [4.69, 9.17) is 0 Å². The molecule has 3 heterocycles. The van der Waals surface area contributed by atoms with Crippen LogP contribution >= 0.6 is 22.6 Å². The molecule has 6 nitrogen and oxygen atoms in total. The Balaban J connectivity index is 2.17. The topological polar surface area (TPSA) is 77.7 Å². The van der Waals surface area contributed by atoms with Gasteiger partial charge in [0, 0.05) is 9.77 Å². The van der Waals surface area contributed by atoms with Crippen molar-refractivity contribution < 1.29 is 4.79 Å². The minimum Gasteiger partial charge on any atom is -0.285 e. The van der Waals surface area contributed by atoms with Gasteiger partial charge in [0.1, 0.15) is 11.2 Å². The van der Waals surface area contributed by atoms with Gasteiger partial charge >= 0.3 is 0 Å². The average Bonchev–Trinajstić information content (AvgIpc) is 2.72. The van der Waals surface area contributed by atoms with Gasteiger partial charge in [-0.15, -0.1) is 0 Å². The van der Waals surface area contributed by atoms with E-state index in [0.29, 0.717) is 22.5 Å². The number of halogens is 1. The number of carbonyl (C=O) groups is 1. The zero-order chi connectivity index (χ0) is 14.7. The number of benzene rings is 1. The number of hydrogen-bond acceptors (Lipinski definition) is 5. The van der Waals surface area contributed by atoms with E-state index in [1.165, 1.54) is 10.8 Å². The van der Waals surface area contributed by atoms with Crippen molar-refractivity contribution >= 4 is 39.4 Å². The number of aromatic nitrogens is 4. The Labute approximate surface area is 132 Å². The van der Waals surface area contributed by atoms with Crippen LogP contribution in [0.3, 0.4) is 0 Å². The molecular formula is C14H7IN4O2. The molecule has 0 bridgehead atoms. The number of aryl methyl sites for hydroxylation is 1. The number of fused-ring (bicyclic) bond motifs is 4. The molecule has 0 amide bonds. The Morgan fingerprint density at radius 1 is 1.19 bits per heavy atom. The van der Waals surface area contributed by atoms with Gasteiger partial charge in [-0.3, -0.25) is 14.2 Å². The quantitative estimate of drug-likeness (QED) is 0.427. The first-order valence-electron chi connectivity index (χ1n) is 6.17. The minimum absolute atomic E-state index is 0.114. The second kappa shape index (κ2) is 4.17. The van der Waals surface area contributed by atoms with Crippen LogP contribution in [-0.2, 0) is 0 Å². The van der Waals surface area contributed by atoms with E-state index in [1.54, 1.807) is 19.1 Å². The largest absolute Gasteiger partial charge is 0.285 e. The fourth-order valence-corrected chi connectivity index (χ4v) is 2.93. The van der Waals surface area contributed by atoms with Crippen molar-refractivity contribution in [3.8, 4) is 5.69 Å². The lowest BCUT2D eigenvalue weighted by Crippen LogP contribution is -2.22.